The summed E-state index contributed by atoms with van der Waals surface area (Å²) in [5.74, 6) is 0.618. The van der Waals surface area contributed by atoms with Gasteiger partial charge in [0.05, 0.1) is 18.4 Å². The molecular weight excluding hydrogens is 220 g/mol. The van der Waals surface area contributed by atoms with Crippen LogP contribution >= 0.6 is 15.9 Å². The zero-order valence-electron chi connectivity index (χ0n) is 6.47. The molecule has 0 saturated carbocycles. The molecule has 0 fully saturated rings. The van der Waals surface area contributed by atoms with Gasteiger partial charge in [-0.15, -0.1) is 0 Å². The van der Waals surface area contributed by atoms with Crippen LogP contribution in [0.3, 0.4) is 0 Å². The van der Waals surface area contributed by atoms with Crippen molar-refractivity contribution in [1.29, 1.82) is 5.26 Å². The van der Waals surface area contributed by atoms with Crippen LogP contribution in [0.1, 0.15) is 5.56 Å². The summed E-state index contributed by atoms with van der Waals surface area (Å²) in [5, 5.41) is 8.66. The molecule has 0 aromatic heterocycles. The number of rotatable bonds is 1. The van der Waals surface area contributed by atoms with Crippen molar-refractivity contribution in [3.05, 3.63) is 22.2 Å². The molecule has 0 aliphatic carbocycles. The maximum atomic E-state index is 8.66. The lowest BCUT2D eigenvalue weighted by Gasteiger charge is -2.04. The van der Waals surface area contributed by atoms with Crippen LogP contribution in [-0.4, -0.2) is 7.11 Å². The van der Waals surface area contributed by atoms with Crippen LogP contribution in [0.25, 0.3) is 0 Å². The average molecular weight is 227 g/mol. The van der Waals surface area contributed by atoms with Crippen LogP contribution in [-0.2, 0) is 0 Å². The van der Waals surface area contributed by atoms with Gasteiger partial charge < -0.3 is 10.5 Å². The lowest BCUT2D eigenvalue weighted by atomic mass is 10.2. The molecule has 0 aliphatic heterocycles. The van der Waals surface area contributed by atoms with Crippen molar-refractivity contribution >= 4 is 21.6 Å². The summed E-state index contributed by atoms with van der Waals surface area (Å²) in [6.07, 6.45) is 0. The molecule has 3 nitrogen and oxygen atoms in total. The minimum absolute atomic E-state index is 0.418. The van der Waals surface area contributed by atoms with Crippen LogP contribution in [0.15, 0.2) is 16.6 Å². The van der Waals surface area contributed by atoms with E-state index in [1.54, 1.807) is 19.2 Å². The molecule has 2 N–H and O–H groups in total. The third-order valence-corrected chi connectivity index (χ3v) is 2.12. The first kappa shape index (κ1) is 8.88. The molecule has 0 atom stereocenters. The van der Waals surface area contributed by atoms with Crippen LogP contribution < -0.4 is 10.5 Å². The Hall–Kier alpha value is -1.21. The fourth-order valence-electron chi connectivity index (χ4n) is 0.803. The number of nitrogens with two attached hydrogens (primary N) is 1. The molecule has 1 aromatic carbocycles. The second kappa shape index (κ2) is 3.46. The zero-order chi connectivity index (χ0) is 9.14. The molecule has 0 bridgehead atoms. The van der Waals surface area contributed by atoms with Crippen molar-refractivity contribution in [2.24, 2.45) is 0 Å². The van der Waals surface area contributed by atoms with E-state index in [-0.39, 0.29) is 0 Å². The number of methoxy groups -OCH3 is 1. The minimum atomic E-state index is 0.418. The lowest BCUT2D eigenvalue weighted by molar-refractivity contribution is 0.414. The fraction of sp³-hybridized carbons (Fsp3) is 0.125. The third kappa shape index (κ3) is 1.51. The Labute approximate surface area is 78.9 Å². The van der Waals surface area contributed by atoms with Crippen LogP contribution in [0, 0.1) is 11.3 Å². The summed E-state index contributed by atoms with van der Waals surface area (Å²) in [7, 11) is 1.54. The molecule has 0 radical (unpaired) electrons. The normalized spacial score (nSPS) is 9.08. The van der Waals surface area contributed by atoms with E-state index >= 15 is 0 Å². The number of hydrogen-bond donors (Lipinski definition) is 1. The van der Waals surface area contributed by atoms with Gasteiger partial charge in [-0.2, -0.15) is 5.26 Å². The molecule has 0 spiro atoms. The number of nitriles is 1. The maximum Gasteiger partial charge on any atom is 0.121 e. The van der Waals surface area contributed by atoms with Gasteiger partial charge in [-0.05, 0) is 22.0 Å². The van der Waals surface area contributed by atoms with Gasteiger partial charge in [0.1, 0.15) is 11.8 Å². The Kier molecular flexibility index (Phi) is 2.56. The maximum absolute atomic E-state index is 8.66. The topological polar surface area (TPSA) is 59.0 Å². The number of ether oxygens (including phenoxy) is 1. The third-order valence-electron chi connectivity index (χ3n) is 1.46. The van der Waals surface area contributed by atoms with E-state index in [1.165, 1.54) is 0 Å². The summed E-state index contributed by atoms with van der Waals surface area (Å²) in [4.78, 5) is 0. The van der Waals surface area contributed by atoms with Gasteiger partial charge in [-0.1, -0.05) is 0 Å². The van der Waals surface area contributed by atoms with Crippen molar-refractivity contribution in [2.75, 3.05) is 12.8 Å². The van der Waals surface area contributed by atoms with Gasteiger partial charge >= 0.3 is 0 Å². The smallest absolute Gasteiger partial charge is 0.121 e. The highest BCUT2D eigenvalue weighted by molar-refractivity contribution is 9.10. The van der Waals surface area contributed by atoms with E-state index in [0.717, 1.165) is 0 Å². The van der Waals surface area contributed by atoms with Gasteiger partial charge in [0.2, 0.25) is 0 Å². The van der Waals surface area contributed by atoms with Gasteiger partial charge in [-0.3, -0.25) is 0 Å². The van der Waals surface area contributed by atoms with Crippen molar-refractivity contribution in [2.45, 2.75) is 0 Å². The molecule has 0 unspecified atom stereocenters. The summed E-state index contributed by atoms with van der Waals surface area (Å²) in [6, 6.07) is 5.29. The first-order chi connectivity index (χ1) is 5.69. The first-order valence-electron chi connectivity index (χ1n) is 3.22. The van der Waals surface area contributed by atoms with Crippen molar-refractivity contribution in [3.63, 3.8) is 0 Å². The first-order valence-corrected chi connectivity index (χ1v) is 4.01. The highest BCUT2D eigenvalue weighted by Gasteiger charge is 2.05. The molecule has 1 aromatic rings. The monoisotopic (exact) mass is 226 g/mol. The molecule has 0 saturated heterocycles. The number of anilines is 1. The highest BCUT2D eigenvalue weighted by atomic mass is 79.9. The molecule has 0 heterocycles. The Morgan fingerprint density at radius 3 is 2.75 bits per heavy atom. The quantitative estimate of drug-likeness (QED) is 0.745. The zero-order valence-corrected chi connectivity index (χ0v) is 8.05. The second-order valence-corrected chi connectivity index (χ2v) is 3.04. The molecule has 0 aliphatic rings. The van der Waals surface area contributed by atoms with Crippen molar-refractivity contribution < 1.29 is 4.74 Å². The van der Waals surface area contributed by atoms with Crippen molar-refractivity contribution in [3.8, 4) is 11.8 Å². The standard InChI is InChI=1S/C8H7BrN2O/c1-12-6-2-5(4-10)8(11)7(9)3-6/h2-3H,11H2,1H3. The molecule has 12 heavy (non-hydrogen) atoms. The van der Waals surface area contributed by atoms with Crippen LogP contribution in [0.4, 0.5) is 5.69 Å². The van der Waals surface area contributed by atoms with E-state index in [2.05, 4.69) is 15.9 Å². The molecule has 4 heteroatoms. The van der Waals surface area contributed by atoms with Gasteiger partial charge in [0.25, 0.3) is 0 Å². The summed E-state index contributed by atoms with van der Waals surface area (Å²) in [6.45, 7) is 0. The number of nitrogen functional groups attached to an aromatic ring is 1. The Balaban J connectivity index is 3.31. The van der Waals surface area contributed by atoms with E-state index in [1.807, 2.05) is 6.07 Å². The number of halogens is 1. The summed E-state index contributed by atoms with van der Waals surface area (Å²) < 4.78 is 5.63. The van der Waals surface area contributed by atoms with E-state index in [4.69, 9.17) is 15.7 Å². The number of nitrogens with zero attached hydrogens (tertiary/aromatic N) is 1. The van der Waals surface area contributed by atoms with Gasteiger partial charge in [0.15, 0.2) is 0 Å². The van der Waals surface area contributed by atoms with E-state index in [0.29, 0.717) is 21.5 Å². The molecule has 62 valence electrons. The van der Waals surface area contributed by atoms with Crippen LogP contribution in [0.5, 0.6) is 5.75 Å². The van der Waals surface area contributed by atoms with Gasteiger partial charge in [0, 0.05) is 10.5 Å². The average Bonchev–Trinajstić information content (AvgIpc) is 2.09. The molecular formula is C8H7BrN2O. The SMILES string of the molecule is COc1cc(Br)c(N)c(C#N)c1. The summed E-state index contributed by atoms with van der Waals surface area (Å²) in [5.41, 5.74) is 6.45. The van der Waals surface area contributed by atoms with E-state index in [9.17, 15) is 0 Å². The minimum Gasteiger partial charge on any atom is -0.497 e. The van der Waals surface area contributed by atoms with E-state index < -0.39 is 0 Å². The van der Waals surface area contributed by atoms with Crippen LogP contribution in [0.2, 0.25) is 0 Å². The highest BCUT2D eigenvalue weighted by Crippen LogP contribution is 2.28. The molecule has 0 amide bonds. The fourth-order valence-corrected chi connectivity index (χ4v) is 1.24. The second-order valence-electron chi connectivity index (χ2n) is 2.18. The Bertz CT molecular complexity index is 344. The summed E-state index contributed by atoms with van der Waals surface area (Å²) >= 11 is 3.22. The number of benzene rings is 1. The lowest BCUT2D eigenvalue weighted by Crippen LogP contribution is -1.93. The Morgan fingerprint density at radius 2 is 2.25 bits per heavy atom. The molecule has 1 rings (SSSR count). The Morgan fingerprint density at radius 1 is 1.58 bits per heavy atom. The van der Waals surface area contributed by atoms with Gasteiger partial charge in [-0.25, -0.2) is 0 Å². The number of hydrogen-bond acceptors (Lipinski definition) is 3. The predicted octanol–water partition coefficient (Wildman–Crippen LogP) is 1.91. The predicted molar refractivity (Wildman–Crippen MR) is 49.8 cm³/mol. The largest absolute Gasteiger partial charge is 0.497 e. The van der Waals surface area contributed by atoms with Crippen molar-refractivity contribution in [1.82, 2.24) is 0 Å².